The number of aromatic nitrogens is 2. The summed E-state index contributed by atoms with van der Waals surface area (Å²) in [5, 5.41) is 16.1. The Bertz CT molecular complexity index is 1650. The molecule has 2 aromatic carbocycles. The van der Waals surface area contributed by atoms with Crippen LogP contribution < -0.4 is 20.0 Å². The molecule has 1 atom stereocenters. The van der Waals surface area contributed by atoms with E-state index in [1.807, 2.05) is 48.5 Å². The van der Waals surface area contributed by atoms with Crippen molar-refractivity contribution in [2.75, 3.05) is 4.90 Å². The molecule has 4 aromatic rings. The predicted molar refractivity (Wildman–Crippen MR) is 156 cm³/mol. The van der Waals surface area contributed by atoms with Crippen LogP contribution in [0.1, 0.15) is 41.3 Å². The number of anilines is 1. The average Bonchev–Trinajstić information content (AvgIpc) is 2.96. The number of fused-ring (bicyclic) bond motifs is 1. The summed E-state index contributed by atoms with van der Waals surface area (Å²) < 4.78 is 1.51. The first-order valence-electron chi connectivity index (χ1n) is 13.0. The van der Waals surface area contributed by atoms with Crippen LogP contribution in [0.4, 0.5) is 5.82 Å². The van der Waals surface area contributed by atoms with Crippen LogP contribution in [0.2, 0.25) is 5.15 Å². The summed E-state index contributed by atoms with van der Waals surface area (Å²) in [6, 6.07) is 23.1. The zero-order chi connectivity index (χ0) is 28.9. The van der Waals surface area contributed by atoms with Crippen molar-refractivity contribution in [3.8, 4) is 11.1 Å². The van der Waals surface area contributed by atoms with Crippen molar-refractivity contribution in [2.24, 2.45) is 10.1 Å². The van der Waals surface area contributed by atoms with Gasteiger partial charge in [0.1, 0.15) is 11.7 Å². The molecular formula is C31H27ClN6O3. The smallest absolute Gasteiger partial charge is 0.333 e. The number of hydrazone groups is 1. The minimum atomic E-state index is -1.03. The Morgan fingerprint density at radius 1 is 1.07 bits per heavy atom. The van der Waals surface area contributed by atoms with Gasteiger partial charge >= 0.3 is 11.8 Å². The van der Waals surface area contributed by atoms with E-state index >= 15 is 0 Å². The Balaban J connectivity index is 1.44. The van der Waals surface area contributed by atoms with Crippen LogP contribution in [0, 0.1) is 0 Å². The van der Waals surface area contributed by atoms with Gasteiger partial charge in [0.2, 0.25) is 0 Å². The van der Waals surface area contributed by atoms with Crippen molar-refractivity contribution < 1.29 is 19.3 Å². The fraction of sp³-hybridized carbons (Fsp3) is 0.161. The number of hydrogen-bond donors (Lipinski definition) is 1. The van der Waals surface area contributed by atoms with Gasteiger partial charge in [-0.2, -0.15) is 14.6 Å². The lowest BCUT2D eigenvalue weighted by Gasteiger charge is -2.26. The Hall–Kier alpha value is -4.89. The first kappa shape index (κ1) is 27.7. The molecule has 0 aliphatic carbocycles. The molecule has 0 radical (unpaired) electrons. The first-order valence-corrected chi connectivity index (χ1v) is 13.4. The molecule has 2 aromatic heterocycles. The number of nitrogens with one attached hydrogen (secondary N) is 1. The largest absolute Gasteiger partial charge is 0.845 e. The van der Waals surface area contributed by atoms with E-state index in [-0.39, 0.29) is 24.4 Å². The van der Waals surface area contributed by atoms with E-state index in [9.17, 15) is 14.7 Å². The number of aliphatic imine (C=N–C) groups is 1. The molecule has 10 heteroatoms. The van der Waals surface area contributed by atoms with Gasteiger partial charge in [-0.25, -0.2) is 14.6 Å². The van der Waals surface area contributed by atoms with Crippen LogP contribution in [-0.2, 0) is 11.3 Å². The van der Waals surface area contributed by atoms with E-state index in [1.54, 1.807) is 61.5 Å². The van der Waals surface area contributed by atoms with Gasteiger partial charge in [-0.3, -0.25) is 10.4 Å². The standard InChI is InChI=1S/C31H27ClN6O3/c1-20(2)35-31(41)36-34-18-21-7-5-8-23(15-21)24-9-6-10-25(16-24)28-29(39)37-14-4-3-11-27(37)38(30(28)40)19-22-12-13-26(32)33-17-22/h3-18,20,28H,19H2,1-2H3,(H-,35,36,41)/b34-18+. The van der Waals surface area contributed by atoms with E-state index in [0.29, 0.717) is 16.5 Å². The van der Waals surface area contributed by atoms with Crippen LogP contribution in [0.25, 0.3) is 11.1 Å². The predicted octanol–water partition coefficient (Wildman–Crippen LogP) is 3.71. The summed E-state index contributed by atoms with van der Waals surface area (Å²) >= 11 is 5.95. The molecule has 1 aliphatic heterocycles. The maximum Gasteiger partial charge on any atom is 0.333 e. The summed E-state index contributed by atoms with van der Waals surface area (Å²) in [4.78, 5) is 37.1. The summed E-state index contributed by atoms with van der Waals surface area (Å²) in [7, 11) is 0. The lowest BCUT2D eigenvalue weighted by Crippen LogP contribution is -2.59. The van der Waals surface area contributed by atoms with Crippen LogP contribution in [-0.4, -0.2) is 35.1 Å². The fourth-order valence-electron chi connectivity index (χ4n) is 4.60. The molecule has 9 nitrogen and oxygen atoms in total. The van der Waals surface area contributed by atoms with Crippen LogP contribution in [0.5, 0.6) is 0 Å². The third kappa shape index (κ3) is 6.31. The lowest BCUT2D eigenvalue weighted by molar-refractivity contribution is -0.563. The molecule has 1 unspecified atom stereocenters. The zero-order valence-corrected chi connectivity index (χ0v) is 23.2. The molecule has 0 spiro atoms. The molecule has 0 bridgehead atoms. The average molecular weight is 567 g/mol. The Labute approximate surface area is 242 Å². The highest BCUT2D eigenvalue weighted by molar-refractivity contribution is 6.29. The van der Waals surface area contributed by atoms with Gasteiger partial charge in [0.15, 0.2) is 5.92 Å². The third-order valence-corrected chi connectivity index (χ3v) is 6.65. The van der Waals surface area contributed by atoms with Gasteiger partial charge in [-0.15, -0.1) is 0 Å². The molecule has 1 amide bonds. The highest BCUT2D eigenvalue weighted by atomic mass is 35.5. The molecule has 0 saturated heterocycles. The molecule has 3 heterocycles. The van der Waals surface area contributed by atoms with Crippen molar-refractivity contribution in [3.05, 3.63) is 113 Å². The quantitative estimate of drug-likeness (QED) is 0.0915. The molecule has 206 valence electrons. The summed E-state index contributed by atoms with van der Waals surface area (Å²) in [5.74, 6) is -1.18. The lowest BCUT2D eigenvalue weighted by atomic mass is 9.91. The van der Waals surface area contributed by atoms with Gasteiger partial charge in [0, 0.05) is 23.9 Å². The third-order valence-electron chi connectivity index (χ3n) is 6.43. The number of amides is 1. The van der Waals surface area contributed by atoms with Crippen molar-refractivity contribution in [1.29, 1.82) is 0 Å². The Kier molecular flexibility index (Phi) is 8.16. The van der Waals surface area contributed by atoms with E-state index in [0.717, 1.165) is 22.3 Å². The van der Waals surface area contributed by atoms with Gasteiger partial charge in [0.05, 0.1) is 18.4 Å². The number of rotatable bonds is 7. The molecule has 41 heavy (non-hydrogen) atoms. The second-order valence-electron chi connectivity index (χ2n) is 9.76. The van der Waals surface area contributed by atoms with Crippen molar-refractivity contribution in [3.63, 3.8) is 0 Å². The number of amidine groups is 1. The van der Waals surface area contributed by atoms with Crippen LogP contribution in [0.3, 0.4) is 0 Å². The van der Waals surface area contributed by atoms with Crippen LogP contribution in [0.15, 0.2) is 101 Å². The molecule has 5 rings (SSSR count). The second kappa shape index (κ2) is 12.1. The number of nitrogens with zero attached hydrogens (tertiary/aromatic N) is 5. The fourth-order valence-corrected chi connectivity index (χ4v) is 4.71. The SMILES string of the molecule is CC(C)N=C([O-])N/N=C/c1cccc(-c2cccc(C3C(=O)N(Cc4ccc(Cl)nc4)c4cccc[n+]4C3=O)c2)c1. The number of carbonyl (C=O) groups excluding carboxylic acids is 2. The van der Waals surface area contributed by atoms with E-state index in [2.05, 4.69) is 20.5 Å². The molecule has 1 N–H and O–H groups in total. The second-order valence-corrected chi connectivity index (χ2v) is 10.1. The monoisotopic (exact) mass is 566 g/mol. The molecule has 1 aliphatic rings. The number of carbonyl (C=O) groups is 2. The summed E-state index contributed by atoms with van der Waals surface area (Å²) in [5.41, 5.74) is 6.21. The van der Waals surface area contributed by atoms with Crippen molar-refractivity contribution >= 4 is 41.5 Å². The van der Waals surface area contributed by atoms with Gasteiger partial charge in [-0.1, -0.05) is 60.1 Å². The van der Waals surface area contributed by atoms with Gasteiger partial charge < -0.3 is 5.11 Å². The summed E-state index contributed by atoms with van der Waals surface area (Å²) in [6.07, 6.45) is 4.83. The molecule has 0 saturated carbocycles. The zero-order valence-electron chi connectivity index (χ0n) is 22.4. The first-order chi connectivity index (χ1) is 19.8. The maximum atomic E-state index is 13.9. The number of pyridine rings is 2. The minimum Gasteiger partial charge on any atom is -0.845 e. The van der Waals surface area contributed by atoms with Gasteiger partial charge in [-0.05, 0) is 60.4 Å². The van der Waals surface area contributed by atoms with E-state index in [4.69, 9.17) is 11.6 Å². The highest BCUT2D eigenvalue weighted by Crippen LogP contribution is 2.31. The van der Waals surface area contributed by atoms with Gasteiger partial charge in [0.25, 0.3) is 5.82 Å². The van der Waals surface area contributed by atoms with Crippen molar-refractivity contribution in [1.82, 2.24) is 10.4 Å². The minimum absolute atomic E-state index is 0.128. The Morgan fingerprint density at radius 3 is 2.61 bits per heavy atom. The molecule has 0 fully saturated rings. The molecular weight excluding hydrogens is 540 g/mol. The maximum absolute atomic E-state index is 13.9. The number of benzene rings is 2. The normalized spacial score (nSPS) is 15.5. The topological polar surface area (TPSA) is 114 Å². The van der Waals surface area contributed by atoms with E-state index < -0.39 is 11.9 Å². The van der Waals surface area contributed by atoms with Crippen LogP contribution >= 0.6 is 11.6 Å². The summed E-state index contributed by atoms with van der Waals surface area (Å²) in [6.45, 7) is 3.85. The highest BCUT2D eigenvalue weighted by Gasteiger charge is 2.47. The number of hydrogen-bond acceptors (Lipinski definition) is 6. The number of halogens is 1. The Morgan fingerprint density at radius 2 is 1.85 bits per heavy atom. The van der Waals surface area contributed by atoms with E-state index in [1.165, 1.54) is 10.8 Å². The van der Waals surface area contributed by atoms with Crippen molar-refractivity contribution in [2.45, 2.75) is 32.4 Å².